The van der Waals surface area contributed by atoms with Crippen molar-refractivity contribution in [3.63, 3.8) is 0 Å². The van der Waals surface area contributed by atoms with Gasteiger partial charge in [-0.2, -0.15) is 0 Å². The van der Waals surface area contributed by atoms with Crippen LogP contribution in [0.1, 0.15) is 5.76 Å². The van der Waals surface area contributed by atoms with Crippen LogP contribution in [-0.2, 0) is 11.3 Å². The Hall–Kier alpha value is -2.24. The Balaban J connectivity index is 1.51. The van der Waals surface area contributed by atoms with Crippen molar-refractivity contribution < 1.29 is 13.9 Å². The first kappa shape index (κ1) is 17.6. The first-order chi connectivity index (χ1) is 12.1. The molecule has 1 heterocycles. The van der Waals surface area contributed by atoms with Crippen molar-refractivity contribution in [1.29, 1.82) is 0 Å². The number of rotatable bonds is 6. The Bertz CT molecular complexity index is 861. The van der Waals surface area contributed by atoms with Gasteiger partial charge in [-0.05, 0) is 36.4 Å². The van der Waals surface area contributed by atoms with E-state index in [0.29, 0.717) is 23.1 Å². The third-order valence-electron chi connectivity index (χ3n) is 3.45. The molecule has 0 atom stereocenters. The molecule has 2 aromatic carbocycles. The predicted octanol–water partition coefficient (Wildman–Crippen LogP) is 5.06. The number of benzene rings is 2. The van der Waals surface area contributed by atoms with Gasteiger partial charge in [0.2, 0.25) is 0 Å². The predicted molar refractivity (Wildman–Crippen MR) is 101 cm³/mol. The van der Waals surface area contributed by atoms with Gasteiger partial charge in [0.1, 0.15) is 17.3 Å². The van der Waals surface area contributed by atoms with Crippen LogP contribution in [0.4, 0.5) is 0 Å². The van der Waals surface area contributed by atoms with E-state index in [1.165, 1.54) is 0 Å². The van der Waals surface area contributed by atoms with E-state index in [0.717, 1.165) is 15.8 Å². The second kappa shape index (κ2) is 8.23. The molecule has 0 saturated carbocycles. The first-order valence-corrected chi connectivity index (χ1v) is 8.77. The highest BCUT2D eigenvalue weighted by molar-refractivity contribution is 9.10. The molecule has 3 aromatic rings. The number of carbonyl (C=O) groups is 1. The summed E-state index contributed by atoms with van der Waals surface area (Å²) in [5.74, 6) is 1.66. The van der Waals surface area contributed by atoms with Gasteiger partial charge in [0, 0.05) is 10.0 Å². The van der Waals surface area contributed by atoms with Crippen LogP contribution in [0, 0.1) is 0 Å². The Morgan fingerprint density at radius 3 is 2.60 bits per heavy atom. The van der Waals surface area contributed by atoms with E-state index >= 15 is 0 Å². The Morgan fingerprint density at radius 2 is 1.84 bits per heavy atom. The van der Waals surface area contributed by atoms with Crippen LogP contribution in [0.5, 0.6) is 5.75 Å². The summed E-state index contributed by atoms with van der Waals surface area (Å²) in [6, 6.07) is 18.6. The zero-order chi connectivity index (χ0) is 17.6. The van der Waals surface area contributed by atoms with Crippen molar-refractivity contribution in [3.8, 4) is 17.1 Å². The highest BCUT2D eigenvalue weighted by atomic mass is 79.9. The van der Waals surface area contributed by atoms with Gasteiger partial charge < -0.3 is 14.5 Å². The molecule has 0 radical (unpaired) electrons. The lowest BCUT2D eigenvalue weighted by atomic mass is 10.2. The Kier molecular flexibility index (Phi) is 5.79. The van der Waals surface area contributed by atoms with Gasteiger partial charge in [0.25, 0.3) is 5.91 Å². The number of furan rings is 1. The number of hydrogen-bond donors (Lipinski definition) is 1. The molecule has 0 fully saturated rings. The molecule has 0 aliphatic heterocycles. The van der Waals surface area contributed by atoms with Crippen molar-refractivity contribution in [2.24, 2.45) is 0 Å². The molecule has 0 bridgehead atoms. The molecule has 0 saturated heterocycles. The standard InChI is InChI=1S/C19H15BrClNO3/c20-14-7-5-13(6-8-14)17-10-9-15(25-17)11-22-19(23)12-24-18-4-2-1-3-16(18)21/h1-10H,11-12H2,(H,22,23). The fourth-order valence-electron chi connectivity index (χ4n) is 2.18. The first-order valence-electron chi connectivity index (χ1n) is 7.60. The molecule has 25 heavy (non-hydrogen) atoms. The fraction of sp³-hybridized carbons (Fsp3) is 0.105. The molecule has 4 nitrogen and oxygen atoms in total. The average Bonchev–Trinajstić information content (AvgIpc) is 3.09. The maximum Gasteiger partial charge on any atom is 0.258 e. The second-order valence-electron chi connectivity index (χ2n) is 5.27. The smallest absolute Gasteiger partial charge is 0.258 e. The van der Waals surface area contributed by atoms with Gasteiger partial charge in [0.05, 0.1) is 11.6 Å². The number of halogens is 2. The van der Waals surface area contributed by atoms with Crippen molar-refractivity contribution in [3.05, 3.63) is 75.9 Å². The zero-order valence-corrected chi connectivity index (χ0v) is 15.5. The van der Waals surface area contributed by atoms with Gasteiger partial charge in [-0.15, -0.1) is 0 Å². The summed E-state index contributed by atoms with van der Waals surface area (Å²) < 4.78 is 12.2. The van der Waals surface area contributed by atoms with E-state index in [1.54, 1.807) is 24.3 Å². The van der Waals surface area contributed by atoms with Crippen LogP contribution in [-0.4, -0.2) is 12.5 Å². The van der Waals surface area contributed by atoms with Gasteiger partial charge in [-0.1, -0.05) is 51.8 Å². The minimum Gasteiger partial charge on any atom is -0.482 e. The maximum absolute atomic E-state index is 11.9. The van der Waals surface area contributed by atoms with Crippen LogP contribution in [0.3, 0.4) is 0 Å². The van der Waals surface area contributed by atoms with Crippen molar-refractivity contribution in [2.45, 2.75) is 6.54 Å². The van der Waals surface area contributed by atoms with Crippen LogP contribution in [0.2, 0.25) is 5.02 Å². The van der Waals surface area contributed by atoms with Crippen molar-refractivity contribution in [2.75, 3.05) is 6.61 Å². The molecule has 1 aromatic heterocycles. The maximum atomic E-state index is 11.9. The number of carbonyl (C=O) groups excluding carboxylic acids is 1. The largest absolute Gasteiger partial charge is 0.482 e. The number of ether oxygens (including phenoxy) is 1. The third kappa shape index (κ3) is 4.87. The topological polar surface area (TPSA) is 51.5 Å². The Labute approximate surface area is 158 Å². The van der Waals surface area contributed by atoms with Gasteiger partial charge in [-0.25, -0.2) is 0 Å². The lowest BCUT2D eigenvalue weighted by Gasteiger charge is -2.07. The number of nitrogens with one attached hydrogen (secondary N) is 1. The summed E-state index contributed by atoms with van der Waals surface area (Å²) in [6.45, 7) is 0.186. The molecule has 0 aliphatic carbocycles. The quantitative estimate of drug-likeness (QED) is 0.606. The minimum atomic E-state index is -0.249. The normalized spacial score (nSPS) is 10.5. The molecule has 0 spiro atoms. The highest BCUT2D eigenvalue weighted by Crippen LogP contribution is 2.24. The van der Waals surface area contributed by atoms with E-state index in [4.69, 9.17) is 20.8 Å². The van der Waals surface area contributed by atoms with E-state index in [9.17, 15) is 4.79 Å². The molecule has 0 aliphatic rings. The summed E-state index contributed by atoms with van der Waals surface area (Å²) in [4.78, 5) is 11.9. The number of hydrogen-bond acceptors (Lipinski definition) is 3. The summed E-state index contributed by atoms with van der Waals surface area (Å²) >= 11 is 9.38. The van der Waals surface area contributed by atoms with Crippen LogP contribution in [0.15, 0.2) is 69.6 Å². The average molecular weight is 421 g/mol. The van der Waals surface area contributed by atoms with Crippen LogP contribution in [0.25, 0.3) is 11.3 Å². The highest BCUT2D eigenvalue weighted by Gasteiger charge is 2.08. The zero-order valence-electron chi connectivity index (χ0n) is 13.2. The van der Waals surface area contributed by atoms with Crippen molar-refractivity contribution in [1.82, 2.24) is 5.32 Å². The number of para-hydroxylation sites is 1. The number of amides is 1. The summed E-state index contributed by atoms with van der Waals surface area (Å²) in [6.07, 6.45) is 0. The molecule has 1 N–H and O–H groups in total. The molecular weight excluding hydrogens is 406 g/mol. The van der Waals surface area contributed by atoms with E-state index in [2.05, 4.69) is 21.2 Å². The monoisotopic (exact) mass is 419 g/mol. The van der Waals surface area contributed by atoms with Crippen LogP contribution >= 0.6 is 27.5 Å². The van der Waals surface area contributed by atoms with E-state index < -0.39 is 0 Å². The molecule has 0 unspecified atom stereocenters. The van der Waals surface area contributed by atoms with Crippen molar-refractivity contribution >= 4 is 33.4 Å². The van der Waals surface area contributed by atoms with Gasteiger partial charge in [-0.3, -0.25) is 4.79 Å². The van der Waals surface area contributed by atoms with E-state index in [-0.39, 0.29) is 12.5 Å². The lowest BCUT2D eigenvalue weighted by molar-refractivity contribution is -0.123. The molecule has 3 rings (SSSR count). The SMILES string of the molecule is O=C(COc1ccccc1Cl)NCc1ccc(-c2ccc(Br)cc2)o1. The lowest BCUT2D eigenvalue weighted by Crippen LogP contribution is -2.28. The van der Waals surface area contributed by atoms with E-state index in [1.807, 2.05) is 36.4 Å². The second-order valence-corrected chi connectivity index (χ2v) is 6.59. The fourth-order valence-corrected chi connectivity index (χ4v) is 2.64. The Morgan fingerprint density at radius 1 is 1.08 bits per heavy atom. The van der Waals surface area contributed by atoms with Gasteiger partial charge in [0.15, 0.2) is 6.61 Å². The molecule has 128 valence electrons. The van der Waals surface area contributed by atoms with Gasteiger partial charge >= 0.3 is 0 Å². The summed E-state index contributed by atoms with van der Waals surface area (Å²) in [5, 5.41) is 3.23. The molecule has 1 amide bonds. The summed E-state index contributed by atoms with van der Waals surface area (Å²) in [5.41, 5.74) is 0.975. The van der Waals surface area contributed by atoms with Crippen LogP contribution < -0.4 is 10.1 Å². The summed E-state index contributed by atoms with van der Waals surface area (Å²) in [7, 11) is 0. The molecule has 6 heteroatoms. The minimum absolute atomic E-state index is 0.107. The molecular formula is C19H15BrClNO3. The third-order valence-corrected chi connectivity index (χ3v) is 4.29.